The average Bonchev–Trinajstić information content (AvgIpc) is 3.24. The fourth-order valence-electron chi connectivity index (χ4n) is 3.34. The Bertz CT molecular complexity index is 1200. The predicted octanol–water partition coefficient (Wildman–Crippen LogP) is 4.75. The van der Waals surface area contributed by atoms with Crippen LogP contribution in [0.3, 0.4) is 0 Å². The van der Waals surface area contributed by atoms with Gasteiger partial charge in [-0.2, -0.15) is 0 Å². The topological polar surface area (TPSA) is 73.2 Å². The molecule has 0 spiro atoms. The van der Waals surface area contributed by atoms with E-state index in [4.69, 9.17) is 27.9 Å². The van der Waals surface area contributed by atoms with Crippen LogP contribution in [0.15, 0.2) is 46.3 Å². The molecule has 31 heavy (non-hydrogen) atoms. The Morgan fingerprint density at radius 3 is 2.87 bits per heavy atom. The maximum Gasteiger partial charge on any atom is 0.262 e. The second-order valence-electron chi connectivity index (χ2n) is 7.07. The Morgan fingerprint density at radius 2 is 2.13 bits per heavy atom. The second kappa shape index (κ2) is 9.56. The number of nitrogens with one attached hydrogen (secondary N) is 1. The van der Waals surface area contributed by atoms with E-state index in [9.17, 15) is 14.0 Å². The number of hydrogen-bond donors (Lipinski definition) is 1. The highest BCUT2D eigenvalue weighted by Crippen LogP contribution is 2.25. The molecule has 1 amide bonds. The van der Waals surface area contributed by atoms with Crippen molar-refractivity contribution in [3.8, 4) is 0 Å². The minimum absolute atomic E-state index is 0.0161. The van der Waals surface area contributed by atoms with Gasteiger partial charge < -0.3 is 10.1 Å². The molecule has 0 radical (unpaired) electrons. The highest BCUT2D eigenvalue weighted by molar-refractivity contribution is 7.99. The molecule has 1 saturated heterocycles. The van der Waals surface area contributed by atoms with E-state index in [1.54, 1.807) is 22.8 Å². The number of hydrogen-bond acceptors (Lipinski definition) is 5. The van der Waals surface area contributed by atoms with Gasteiger partial charge in [0.15, 0.2) is 5.16 Å². The van der Waals surface area contributed by atoms with Crippen molar-refractivity contribution in [2.45, 2.75) is 30.6 Å². The standard InChI is InChI=1S/C21H18Cl2FN3O3S/c22-12-3-5-15-18(8-12)26-21(27(20(15)29)10-14-2-1-7-30-14)31-11-19(28)25-17-6-4-13(24)9-16(17)23/h3-6,8-9,14H,1-2,7,10-11H2,(H,25,28). The number of rotatable bonds is 6. The molecule has 6 nitrogen and oxygen atoms in total. The molecule has 2 heterocycles. The van der Waals surface area contributed by atoms with E-state index in [0.717, 1.165) is 30.7 Å². The fourth-order valence-corrected chi connectivity index (χ4v) is 4.53. The van der Waals surface area contributed by atoms with Crippen LogP contribution >= 0.6 is 35.0 Å². The van der Waals surface area contributed by atoms with Gasteiger partial charge in [0.2, 0.25) is 5.91 Å². The van der Waals surface area contributed by atoms with Gasteiger partial charge in [0, 0.05) is 11.6 Å². The Hall–Kier alpha value is -2.13. The zero-order valence-corrected chi connectivity index (χ0v) is 18.6. The lowest BCUT2D eigenvalue weighted by Gasteiger charge is -2.16. The molecule has 162 valence electrons. The van der Waals surface area contributed by atoms with Crippen molar-refractivity contribution >= 4 is 57.5 Å². The van der Waals surface area contributed by atoms with Crippen molar-refractivity contribution in [2.75, 3.05) is 17.7 Å². The molecule has 1 aliphatic heterocycles. The Morgan fingerprint density at radius 1 is 1.29 bits per heavy atom. The van der Waals surface area contributed by atoms with Gasteiger partial charge >= 0.3 is 0 Å². The second-order valence-corrected chi connectivity index (χ2v) is 8.85. The maximum absolute atomic E-state index is 13.2. The smallest absolute Gasteiger partial charge is 0.262 e. The summed E-state index contributed by atoms with van der Waals surface area (Å²) in [7, 11) is 0. The van der Waals surface area contributed by atoms with Crippen molar-refractivity contribution in [1.82, 2.24) is 9.55 Å². The molecule has 0 saturated carbocycles. The molecule has 4 rings (SSSR count). The van der Waals surface area contributed by atoms with Crippen LogP contribution in [-0.4, -0.2) is 33.9 Å². The molecular formula is C21H18Cl2FN3O3S. The molecule has 1 fully saturated rings. The zero-order valence-electron chi connectivity index (χ0n) is 16.2. The molecular weight excluding hydrogens is 464 g/mol. The molecule has 1 atom stereocenters. The quantitative estimate of drug-likeness (QED) is 0.406. The fraction of sp³-hybridized carbons (Fsp3) is 0.286. The minimum Gasteiger partial charge on any atom is -0.376 e. The van der Waals surface area contributed by atoms with Crippen LogP contribution in [0.5, 0.6) is 0 Å². The van der Waals surface area contributed by atoms with Gasteiger partial charge in [0.25, 0.3) is 5.56 Å². The Kier molecular flexibility index (Phi) is 6.81. The summed E-state index contributed by atoms with van der Waals surface area (Å²) in [5, 5.41) is 4.07. The van der Waals surface area contributed by atoms with Gasteiger partial charge in [-0.3, -0.25) is 14.2 Å². The molecule has 0 bridgehead atoms. The number of halogens is 3. The van der Waals surface area contributed by atoms with Gasteiger partial charge in [-0.05, 0) is 49.2 Å². The molecule has 1 aromatic heterocycles. The number of carbonyl (C=O) groups excluding carboxylic acids is 1. The lowest BCUT2D eigenvalue weighted by atomic mass is 10.2. The first-order chi connectivity index (χ1) is 14.9. The number of amides is 1. The SMILES string of the molecule is O=C(CSc1nc2cc(Cl)ccc2c(=O)n1CC1CCCO1)Nc1ccc(F)cc1Cl. The van der Waals surface area contributed by atoms with Crippen LogP contribution in [0.2, 0.25) is 10.0 Å². The summed E-state index contributed by atoms with van der Waals surface area (Å²) in [6.45, 7) is 1.03. The third-order valence-corrected chi connectivity index (χ3v) is 6.35. The van der Waals surface area contributed by atoms with Gasteiger partial charge in [-0.25, -0.2) is 9.37 Å². The van der Waals surface area contributed by atoms with E-state index in [1.807, 2.05) is 0 Å². The first-order valence-electron chi connectivity index (χ1n) is 9.60. The molecule has 3 aromatic rings. The number of fused-ring (bicyclic) bond motifs is 1. The van der Waals surface area contributed by atoms with Crippen LogP contribution in [0, 0.1) is 5.82 Å². The van der Waals surface area contributed by atoms with Gasteiger partial charge in [-0.15, -0.1) is 0 Å². The molecule has 10 heteroatoms. The summed E-state index contributed by atoms with van der Waals surface area (Å²) in [5.41, 5.74) is 0.566. The lowest BCUT2D eigenvalue weighted by Crippen LogP contribution is -2.29. The van der Waals surface area contributed by atoms with Gasteiger partial charge in [-0.1, -0.05) is 35.0 Å². The van der Waals surface area contributed by atoms with Crippen molar-refractivity contribution in [1.29, 1.82) is 0 Å². The highest BCUT2D eigenvalue weighted by Gasteiger charge is 2.21. The van der Waals surface area contributed by atoms with Gasteiger partial charge in [0.05, 0.1) is 40.0 Å². The average molecular weight is 482 g/mol. The summed E-state index contributed by atoms with van der Waals surface area (Å²) in [5.74, 6) is -0.866. The third kappa shape index (κ3) is 5.20. The maximum atomic E-state index is 13.2. The van der Waals surface area contributed by atoms with Crippen LogP contribution < -0.4 is 10.9 Å². The van der Waals surface area contributed by atoms with E-state index >= 15 is 0 Å². The summed E-state index contributed by atoms with van der Waals surface area (Å²) >= 11 is 13.2. The monoisotopic (exact) mass is 481 g/mol. The predicted molar refractivity (Wildman–Crippen MR) is 121 cm³/mol. The first-order valence-corrected chi connectivity index (χ1v) is 11.3. The van der Waals surface area contributed by atoms with Crippen molar-refractivity contribution < 1.29 is 13.9 Å². The zero-order chi connectivity index (χ0) is 22.0. The third-order valence-electron chi connectivity index (χ3n) is 4.83. The lowest BCUT2D eigenvalue weighted by molar-refractivity contribution is -0.113. The van der Waals surface area contributed by atoms with Crippen molar-refractivity contribution in [2.24, 2.45) is 0 Å². The summed E-state index contributed by atoms with van der Waals surface area (Å²) in [4.78, 5) is 30.1. The number of nitrogens with zero attached hydrogens (tertiary/aromatic N) is 2. The molecule has 1 unspecified atom stereocenters. The van der Waals surface area contributed by atoms with Crippen LogP contribution in [0.4, 0.5) is 10.1 Å². The Labute approximate surface area is 191 Å². The van der Waals surface area contributed by atoms with Crippen LogP contribution in [0.1, 0.15) is 12.8 Å². The number of anilines is 1. The van der Waals surface area contributed by atoms with E-state index in [2.05, 4.69) is 10.3 Å². The number of ether oxygens (including phenoxy) is 1. The minimum atomic E-state index is -0.491. The number of benzene rings is 2. The number of carbonyl (C=O) groups is 1. The Balaban J connectivity index is 1.58. The summed E-state index contributed by atoms with van der Waals surface area (Å²) in [6.07, 6.45) is 1.73. The number of aromatic nitrogens is 2. The van der Waals surface area contributed by atoms with Crippen molar-refractivity contribution in [3.63, 3.8) is 0 Å². The largest absolute Gasteiger partial charge is 0.376 e. The molecule has 1 aliphatic rings. The molecule has 2 aromatic carbocycles. The summed E-state index contributed by atoms with van der Waals surface area (Å²) < 4.78 is 20.4. The van der Waals surface area contributed by atoms with E-state index in [1.165, 1.54) is 12.1 Å². The van der Waals surface area contributed by atoms with Crippen LogP contribution in [0.25, 0.3) is 10.9 Å². The molecule has 1 N–H and O–H groups in total. The van der Waals surface area contributed by atoms with E-state index in [0.29, 0.717) is 39.9 Å². The normalized spacial score (nSPS) is 16.0. The highest BCUT2D eigenvalue weighted by atomic mass is 35.5. The van der Waals surface area contributed by atoms with E-state index in [-0.39, 0.29) is 28.3 Å². The van der Waals surface area contributed by atoms with Gasteiger partial charge in [0.1, 0.15) is 5.82 Å². The van der Waals surface area contributed by atoms with Crippen LogP contribution in [-0.2, 0) is 16.1 Å². The summed E-state index contributed by atoms with van der Waals surface area (Å²) in [6, 6.07) is 8.65. The number of thioether (sulfide) groups is 1. The van der Waals surface area contributed by atoms with E-state index < -0.39 is 5.82 Å². The molecule has 0 aliphatic carbocycles. The first kappa shape index (κ1) is 22.1. The van der Waals surface area contributed by atoms with Crippen molar-refractivity contribution in [3.05, 3.63) is 62.6 Å².